The van der Waals surface area contributed by atoms with Crippen molar-refractivity contribution in [3.05, 3.63) is 54.0 Å². The number of benzene rings is 1. The van der Waals surface area contributed by atoms with Crippen LogP contribution in [0.4, 0.5) is 10.1 Å². The van der Waals surface area contributed by atoms with Crippen LogP contribution >= 0.6 is 0 Å². The van der Waals surface area contributed by atoms with E-state index in [2.05, 4.69) is 10.3 Å². The fraction of sp³-hybridized carbons (Fsp3) is 0.154. The normalized spacial score (nSPS) is 11.9. The van der Waals surface area contributed by atoms with Gasteiger partial charge in [0.05, 0.1) is 12.7 Å². The third-order valence-corrected chi connectivity index (χ3v) is 2.50. The van der Waals surface area contributed by atoms with E-state index in [0.29, 0.717) is 5.88 Å². The summed E-state index contributed by atoms with van der Waals surface area (Å²) in [5.74, 6) is 0.188. The number of nitrogens with zero attached hydrogens (tertiary/aromatic N) is 1. The van der Waals surface area contributed by atoms with Gasteiger partial charge in [0, 0.05) is 11.9 Å². The maximum absolute atomic E-state index is 12.8. The topological polar surface area (TPSA) is 60.2 Å². The Morgan fingerprint density at radius 1 is 1.28 bits per heavy atom. The lowest BCUT2D eigenvalue weighted by atomic mass is 10.2. The largest absolute Gasteiger partial charge is 0.481 e. The molecule has 5 heteroatoms. The van der Waals surface area contributed by atoms with Gasteiger partial charge in [-0.1, -0.05) is 0 Å². The summed E-state index contributed by atoms with van der Waals surface area (Å²) in [4.78, 5) is 4.07. The van der Waals surface area contributed by atoms with Crippen LogP contribution in [0, 0.1) is 5.82 Å². The second-order valence-electron chi connectivity index (χ2n) is 3.73. The molecule has 1 aromatic heterocycles. The lowest BCUT2D eigenvalue weighted by Gasteiger charge is -2.17. The first-order valence-electron chi connectivity index (χ1n) is 5.47. The van der Waals surface area contributed by atoms with Gasteiger partial charge in [-0.15, -0.1) is 0 Å². The quantitative estimate of drug-likeness (QED) is 0.814. The minimum absolute atomic E-state index is 0.284. The molecule has 2 rings (SSSR count). The van der Waals surface area contributed by atoms with Gasteiger partial charge in [-0.05, 0) is 36.4 Å². The maximum atomic E-state index is 12.8. The van der Waals surface area contributed by atoms with Gasteiger partial charge in [0.15, 0.2) is 0 Å². The zero-order chi connectivity index (χ0) is 13.0. The third kappa shape index (κ3) is 2.75. The monoisotopic (exact) mass is 247 g/mol. The van der Waals surface area contributed by atoms with Gasteiger partial charge in [0.1, 0.15) is 12.0 Å². The highest BCUT2D eigenvalue weighted by Crippen LogP contribution is 2.22. The van der Waals surface area contributed by atoms with Crippen LogP contribution in [0.2, 0.25) is 0 Å². The summed E-state index contributed by atoms with van der Waals surface area (Å²) in [6.07, 6.45) is 1.16. The molecule has 0 amide bonds. The Morgan fingerprint density at radius 2 is 2.00 bits per heavy atom. The van der Waals surface area contributed by atoms with Gasteiger partial charge in [-0.2, -0.15) is 0 Å². The highest BCUT2D eigenvalue weighted by molar-refractivity contribution is 5.46. The fourth-order valence-corrected chi connectivity index (χ4v) is 1.61. The van der Waals surface area contributed by atoms with Crippen molar-refractivity contribution in [1.29, 1.82) is 0 Å². The minimum atomic E-state index is -0.473. The Hall–Kier alpha value is -2.14. The molecular weight excluding hydrogens is 233 g/mol. The average molecular weight is 247 g/mol. The summed E-state index contributed by atoms with van der Waals surface area (Å²) in [5, 5.41) is 3.05. The van der Waals surface area contributed by atoms with Crippen molar-refractivity contribution < 1.29 is 9.13 Å². The van der Waals surface area contributed by atoms with E-state index < -0.39 is 6.17 Å². The van der Waals surface area contributed by atoms with E-state index in [-0.39, 0.29) is 5.82 Å². The van der Waals surface area contributed by atoms with E-state index in [1.165, 1.54) is 19.2 Å². The number of aromatic nitrogens is 1. The van der Waals surface area contributed by atoms with E-state index in [4.69, 9.17) is 10.5 Å². The Labute approximate surface area is 105 Å². The molecule has 0 aliphatic carbocycles. The molecule has 4 nitrogen and oxygen atoms in total. The maximum Gasteiger partial charge on any atom is 0.219 e. The van der Waals surface area contributed by atoms with Crippen molar-refractivity contribution in [3.8, 4) is 5.88 Å². The predicted molar refractivity (Wildman–Crippen MR) is 67.7 cm³/mol. The number of halogens is 1. The molecule has 0 aliphatic rings. The van der Waals surface area contributed by atoms with Gasteiger partial charge in [-0.3, -0.25) is 0 Å². The number of pyridine rings is 1. The second kappa shape index (κ2) is 5.46. The lowest BCUT2D eigenvalue weighted by Crippen LogP contribution is -2.21. The minimum Gasteiger partial charge on any atom is -0.481 e. The predicted octanol–water partition coefficient (Wildman–Crippen LogP) is 2.30. The molecule has 0 fully saturated rings. The summed E-state index contributed by atoms with van der Waals surface area (Å²) >= 11 is 0. The van der Waals surface area contributed by atoms with Crippen LogP contribution in [0.25, 0.3) is 0 Å². The molecule has 1 heterocycles. The van der Waals surface area contributed by atoms with Crippen molar-refractivity contribution in [1.82, 2.24) is 4.98 Å². The van der Waals surface area contributed by atoms with E-state index in [0.717, 1.165) is 11.3 Å². The summed E-state index contributed by atoms with van der Waals surface area (Å²) in [5.41, 5.74) is 7.49. The highest BCUT2D eigenvalue weighted by Gasteiger charge is 2.12. The molecule has 1 unspecified atom stereocenters. The van der Waals surface area contributed by atoms with Crippen molar-refractivity contribution >= 4 is 5.69 Å². The van der Waals surface area contributed by atoms with Gasteiger partial charge in [0.2, 0.25) is 5.88 Å². The van der Waals surface area contributed by atoms with Crippen molar-refractivity contribution in [2.45, 2.75) is 6.17 Å². The number of nitrogens with one attached hydrogen (secondary N) is 1. The number of rotatable bonds is 4. The first kappa shape index (κ1) is 12.3. The van der Waals surface area contributed by atoms with Crippen LogP contribution in [0.15, 0.2) is 42.6 Å². The first-order chi connectivity index (χ1) is 8.70. The zero-order valence-corrected chi connectivity index (χ0v) is 9.93. The van der Waals surface area contributed by atoms with Crippen LogP contribution in [-0.4, -0.2) is 12.1 Å². The molecule has 94 valence electrons. The van der Waals surface area contributed by atoms with Crippen LogP contribution in [0.3, 0.4) is 0 Å². The van der Waals surface area contributed by atoms with Gasteiger partial charge in [-0.25, -0.2) is 9.37 Å². The molecule has 18 heavy (non-hydrogen) atoms. The summed E-state index contributed by atoms with van der Waals surface area (Å²) in [7, 11) is 1.54. The zero-order valence-electron chi connectivity index (χ0n) is 9.93. The van der Waals surface area contributed by atoms with E-state index >= 15 is 0 Å². The number of nitrogens with two attached hydrogens (primary N) is 1. The van der Waals surface area contributed by atoms with Crippen LogP contribution < -0.4 is 15.8 Å². The molecule has 2 aromatic rings. The number of hydrogen-bond acceptors (Lipinski definition) is 4. The first-order valence-corrected chi connectivity index (χ1v) is 5.47. The van der Waals surface area contributed by atoms with Crippen LogP contribution in [-0.2, 0) is 0 Å². The number of anilines is 1. The molecule has 0 saturated heterocycles. The van der Waals surface area contributed by atoms with Crippen LogP contribution in [0.5, 0.6) is 5.88 Å². The number of methoxy groups -OCH3 is 1. The molecule has 0 spiro atoms. The Morgan fingerprint density at radius 3 is 2.67 bits per heavy atom. The molecule has 0 bridgehead atoms. The summed E-state index contributed by atoms with van der Waals surface area (Å²) in [6.45, 7) is 0. The highest BCUT2D eigenvalue weighted by atomic mass is 19.1. The summed E-state index contributed by atoms with van der Waals surface area (Å²) < 4.78 is 17.9. The number of hydrogen-bond donors (Lipinski definition) is 2. The Bertz CT molecular complexity index is 516. The van der Waals surface area contributed by atoms with E-state index in [1.54, 1.807) is 24.4 Å². The van der Waals surface area contributed by atoms with E-state index in [9.17, 15) is 4.39 Å². The SMILES string of the molecule is COc1ncccc1C(N)Nc1ccc(F)cc1. The molecular formula is C13H14FN3O. The molecule has 0 radical (unpaired) electrons. The van der Waals surface area contributed by atoms with Gasteiger partial charge < -0.3 is 15.8 Å². The molecule has 0 aliphatic heterocycles. The average Bonchev–Trinajstić information content (AvgIpc) is 2.41. The van der Waals surface area contributed by atoms with E-state index in [1.807, 2.05) is 6.07 Å². The fourth-order valence-electron chi connectivity index (χ4n) is 1.61. The summed E-state index contributed by atoms with van der Waals surface area (Å²) in [6, 6.07) is 9.60. The van der Waals surface area contributed by atoms with Crippen molar-refractivity contribution in [3.63, 3.8) is 0 Å². The van der Waals surface area contributed by atoms with Crippen molar-refractivity contribution in [2.75, 3.05) is 12.4 Å². The third-order valence-electron chi connectivity index (χ3n) is 2.50. The van der Waals surface area contributed by atoms with Crippen LogP contribution in [0.1, 0.15) is 11.7 Å². The molecule has 0 saturated carbocycles. The molecule has 3 N–H and O–H groups in total. The lowest BCUT2D eigenvalue weighted by molar-refractivity contribution is 0.390. The molecule has 1 aromatic carbocycles. The Kier molecular flexibility index (Phi) is 3.74. The smallest absolute Gasteiger partial charge is 0.219 e. The van der Waals surface area contributed by atoms with Crippen molar-refractivity contribution in [2.24, 2.45) is 5.73 Å². The standard InChI is InChI=1S/C13H14FN3O/c1-18-13-11(3-2-8-16-13)12(15)17-10-6-4-9(14)5-7-10/h2-8,12,17H,15H2,1H3. The second-order valence-corrected chi connectivity index (χ2v) is 3.73. The molecule has 1 atom stereocenters. The van der Waals surface area contributed by atoms with Gasteiger partial charge in [0.25, 0.3) is 0 Å². The van der Waals surface area contributed by atoms with Gasteiger partial charge >= 0.3 is 0 Å². The Balaban J connectivity index is 2.16. The number of ether oxygens (including phenoxy) is 1.